The first-order chi connectivity index (χ1) is 4.75. The second-order valence-electron chi connectivity index (χ2n) is 2.10. The average molecular weight is 136 g/mol. The van der Waals surface area contributed by atoms with Gasteiger partial charge in [0.05, 0.1) is 0 Å². The maximum atomic E-state index is 9.83. The lowest BCUT2D eigenvalue weighted by Crippen LogP contribution is -1.87. The zero-order valence-electron chi connectivity index (χ0n) is 5.96. The van der Waals surface area contributed by atoms with E-state index in [1.807, 2.05) is 24.6 Å². The highest BCUT2D eigenvalue weighted by atomic mass is 16.1. The Morgan fingerprint density at radius 2 is 2.30 bits per heavy atom. The van der Waals surface area contributed by atoms with Crippen LogP contribution in [0.4, 0.5) is 5.82 Å². The lowest BCUT2D eigenvalue weighted by molar-refractivity contribution is 0.565. The summed E-state index contributed by atoms with van der Waals surface area (Å²) in [6, 6.07) is 3.68. The minimum absolute atomic E-state index is 0.646. The van der Waals surface area contributed by atoms with Crippen LogP contribution >= 0.6 is 0 Å². The Balaban J connectivity index is 3.17. The molecule has 3 heteroatoms. The first-order valence-corrected chi connectivity index (χ1v) is 2.96. The fourth-order valence-electron chi connectivity index (χ4n) is 0.758. The van der Waals surface area contributed by atoms with Crippen LogP contribution < -0.4 is 0 Å². The number of isocyanates is 1. The van der Waals surface area contributed by atoms with Crippen molar-refractivity contribution in [3.05, 3.63) is 17.8 Å². The van der Waals surface area contributed by atoms with Crippen molar-refractivity contribution in [1.82, 2.24) is 4.57 Å². The maximum absolute atomic E-state index is 9.83. The number of aliphatic imine (C=N–C) groups is 1. The standard InChI is InChI=1S/C7H8N2O/c1-6-3-4-7(8-5-10)9(6)2/h3-4H,1-2H3. The lowest BCUT2D eigenvalue weighted by Gasteiger charge is -1.95. The smallest absolute Gasteiger partial charge is 0.242 e. The molecule has 1 rings (SSSR count). The van der Waals surface area contributed by atoms with Crippen LogP contribution in [0.25, 0.3) is 0 Å². The second kappa shape index (κ2) is 2.50. The molecule has 0 unspecified atom stereocenters. The molecule has 1 aromatic heterocycles. The summed E-state index contributed by atoms with van der Waals surface area (Å²) in [6.45, 7) is 1.95. The van der Waals surface area contributed by atoms with Gasteiger partial charge >= 0.3 is 0 Å². The summed E-state index contributed by atoms with van der Waals surface area (Å²) in [5.74, 6) is 0.646. The van der Waals surface area contributed by atoms with E-state index < -0.39 is 0 Å². The topological polar surface area (TPSA) is 34.4 Å². The van der Waals surface area contributed by atoms with E-state index in [4.69, 9.17) is 0 Å². The molecule has 52 valence electrons. The minimum Gasteiger partial charge on any atom is -0.333 e. The molecule has 0 amide bonds. The van der Waals surface area contributed by atoms with Gasteiger partial charge in [-0.2, -0.15) is 0 Å². The van der Waals surface area contributed by atoms with Crippen molar-refractivity contribution < 1.29 is 4.79 Å². The number of aryl methyl sites for hydroxylation is 1. The molecule has 0 atom stereocenters. The van der Waals surface area contributed by atoms with E-state index in [9.17, 15) is 4.79 Å². The fourth-order valence-corrected chi connectivity index (χ4v) is 0.758. The molecule has 0 saturated carbocycles. The first kappa shape index (κ1) is 6.78. The van der Waals surface area contributed by atoms with Crippen molar-refractivity contribution in [2.75, 3.05) is 0 Å². The molecule has 0 radical (unpaired) electrons. The van der Waals surface area contributed by atoms with E-state index >= 15 is 0 Å². The number of carbonyl (C=O) groups excluding carboxylic acids is 1. The molecule has 10 heavy (non-hydrogen) atoms. The molecule has 0 aliphatic rings. The third kappa shape index (κ3) is 0.993. The monoisotopic (exact) mass is 136 g/mol. The summed E-state index contributed by atoms with van der Waals surface area (Å²) >= 11 is 0. The van der Waals surface area contributed by atoms with Gasteiger partial charge in [-0.3, -0.25) is 0 Å². The predicted octanol–water partition coefficient (Wildman–Crippen LogP) is 1.30. The van der Waals surface area contributed by atoms with E-state index in [1.165, 1.54) is 6.08 Å². The minimum atomic E-state index is 0.646. The molecule has 3 nitrogen and oxygen atoms in total. The third-order valence-electron chi connectivity index (χ3n) is 1.51. The van der Waals surface area contributed by atoms with Crippen LogP contribution in [0.15, 0.2) is 17.1 Å². The van der Waals surface area contributed by atoms with Gasteiger partial charge in [0.15, 0.2) is 0 Å². The molecule has 0 spiro atoms. The van der Waals surface area contributed by atoms with Crippen LogP contribution in [-0.4, -0.2) is 10.6 Å². The van der Waals surface area contributed by atoms with E-state index in [0.717, 1.165) is 5.69 Å². The van der Waals surface area contributed by atoms with Gasteiger partial charge < -0.3 is 4.57 Å². The molecule has 0 aliphatic carbocycles. The van der Waals surface area contributed by atoms with Gasteiger partial charge in [0, 0.05) is 12.7 Å². The van der Waals surface area contributed by atoms with Crippen molar-refractivity contribution >= 4 is 11.9 Å². The quantitative estimate of drug-likeness (QED) is 0.423. The van der Waals surface area contributed by atoms with Gasteiger partial charge in [0.1, 0.15) is 5.82 Å². The maximum Gasteiger partial charge on any atom is 0.242 e. The van der Waals surface area contributed by atoms with Gasteiger partial charge in [-0.25, -0.2) is 4.79 Å². The summed E-state index contributed by atoms with van der Waals surface area (Å²) in [5.41, 5.74) is 1.08. The number of hydrogen-bond acceptors (Lipinski definition) is 2. The van der Waals surface area contributed by atoms with Crippen molar-refractivity contribution in [1.29, 1.82) is 0 Å². The number of hydrogen-bond donors (Lipinski definition) is 0. The van der Waals surface area contributed by atoms with E-state index in [0.29, 0.717) is 5.82 Å². The fraction of sp³-hybridized carbons (Fsp3) is 0.286. The zero-order chi connectivity index (χ0) is 7.56. The molecule has 0 aromatic carbocycles. The zero-order valence-corrected chi connectivity index (χ0v) is 5.96. The van der Waals surface area contributed by atoms with Gasteiger partial charge in [0.2, 0.25) is 6.08 Å². The molecule has 0 N–H and O–H groups in total. The first-order valence-electron chi connectivity index (χ1n) is 2.96. The van der Waals surface area contributed by atoms with E-state index in [-0.39, 0.29) is 0 Å². The van der Waals surface area contributed by atoms with E-state index in [1.54, 1.807) is 6.07 Å². The summed E-state index contributed by atoms with van der Waals surface area (Å²) in [4.78, 5) is 13.3. The molecule has 0 saturated heterocycles. The Hall–Kier alpha value is -1.34. The molecule has 0 aliphatic heterocycles. The van der Waals surface area contributed by atoms with Crippen LogP contribution in [0.5, 0.6) is 0 Å². The number of rotatable bonds is 1. The van der Waals surface area contributed by atoms with Gasteiger partial charge in [-0.15, -0.1) is 4.99 Å². The van der Waals surface area contributed by atoms with Crippen molar-refractivity contribution in [3.8, 4) is 0 Å². The number of aromatic nitrogens is 1. The number of nitrogens with zero attached hydrogens (tertiary/aromatic N) is 2. The van der Waals surface area contributed by atoms with Crippen LogP contribution in [0, 0.1) is 6.92 Å². The van der Waals surface area contributed by atoms with Crippen LogP contribution in [0.1, 0.15) is 5.69 Å². The van der Waals surface area contributed by atoms with Crippen molar-refractivity contribution in [2.24, 2.45) is 12.0 Å². The highest BCUT2D eigenvalue weighted by Gasteiger charge is 1.96. The predicted molar refractivity (Wildman–Crippen MR) is 37.9 cm³/mol. The Bertz CT molecular complexity index is 282. The van der Waals surface area contributed by atoms with Gasteiger partial charge in [-0.1, -0.05) is 0 Å². The normalized spacial score (nSPS) is 9.00. The van der Waals surface area contributed by atoms with E-state index in [2.05, 4.69) is 4.99 Å². The molecule has 1 aromatic rings. The molecule has 0 fully saturated rings. The lowest BCUT2D eigenvalue weighted by atomic mass is 10.5. The second-order valence-corrected chi connectivity index (χ2v) is 2.10. The van der Waals surface area contributed by atoms with Crippen molar-refractivity contribution in [3.63, 3.8) is 0 Å². The molecular formula is C7H8N2O. The van der Waals surface area contributed by atoms with Crippen LogP contribution in [0.3, 0.4) is 0 Å². The molecule has 1 heterocycles. The highest BCUT2D eigenvalue weighted by molar-refractivity contribution is 5.46. The largest absolute Gasteiger partial charge is 0.333 e. The Morgan fingerprint density at radius 3 is 2.70 bits per heavy atom. The average Bonchev–Trinajstić information content (AvgIpc) is 2.20. The summed E-state index contributed by atoms with van der Waals surface area (Å²) in [6.07, 6.45) is 1.49. The Morgan fingerprint density at radius 1 is 1.60 bits per heavy atom. The van der Waals surface area contributed by atoms with Crippen LogP contribution in [-0.2, 0) is 11.8 Å². The third-order valence-corrected chi connectivity index (χ3v) is 1.51. The Kier molecular flexibility index (Phi) is 1.69. The Labute approximate surface area is 59.0 Å². The van der Waals surface area contributed by atoms with Gasteiger partial charge in [-0.05, 0) is 19.1 Å². The van der Waals surface area contributed by atoms with Gasteiger partial charge in [0.25, 0.3) is 0 Å². The molecule has 0 bridgehead atoms. The highest BCUT2D eigenvalue weighted by Crippen LogP contribution is 2.13. The molecular weight excluding hydrogens is 128 g/mol. The SMILES string of the molecule is Cc1ccc(N=C=O)n1C. The van der Waals surface area contributed by atoms with Crippen molar-refractivity contribution in [2.45, 2.75) is 6.92 Å². The summed E-state index contributed by atoms with van der Waals surface area (Å²) < 4.78 is 1.82. The summed E-state index contributed by atoms with van der Waals surface area (Å²) in [5, 5.41) is 0. The van der Waals surface area contributed by atoms with Crippen LogP contribution in [0.2, 0.25) is 0 Å². The summed E-state index contributed by atoms with van der Waals surface area (Å²) in [7, 11) is 1.85.